The van der Waals surface area contributed by atoms with Gasteiger partial charge in [-0.3, -0.25) is 4.99 Å². The molecule has 0 bridgehead atoms. The molecule has 0 unspecified atom stereocenters. The normalized spacial score (nSPS) is 11.2. The minimum Gasteiger partial charge on any atom is -0.386 e. The minimum absolute atomic E-state index is 0.820. The van der Waals surface area contributed by atoms with Crippen molar-refractivity contribution in [2.45, 2.75) is 6.92 Å². The number of nitrogens with zero attached hydrogens (tertiary/aromatic N) is 1. The van der Waals surface area contributed by atoms with Crippen molar-refractivity contribution in [1.82, 2.24) is 5.32 Å². The lowest BCUT2D eigenvalue weighted by Crippen LogP contribution is -2.06. The summed E-state index contributed by atoms with van der Waals surface area (Å²) in [6.07, 6.45) is 5.66. The van der Waals surface area contributed by atoms with Crippen LogP contribution in [0.15, 0.2) is 17.3 Å². The Bertz CT molecular complexity index is 72.5. The molecule has 0 aromatic rings. The lowest BCUT2D eigenvalue weighted by atomic mass is 10.6. The molecular formula is C6H12N2. The van der Waals surface area contributed by atoms with Crippen LogP contribution in [0.4, 0.5) is 0 Å². The summed E-state index contributed by atoms with van der Waals surface area (Å²) in [7, 11) is 1.76. The molecule has 1 N–H and O–H groups in total. The fourth-order valence-electron chi connectivity index (χ4n) is 0.330. The van der Waals surface area contributed by atoms with Crippen molar-refractivity contribution in [3.8, 4) is 0 Å². The lowest BCUT2D eigenvalue weighted by molar-refractivity contribution is 1.02. The molecule has 0 heterocycles. The van der Waals surface area contributed by atoms with Crippen LogP contribution in [0.25, 0.3) is 0 Å². The Morgan fingerprint density at radius 2 is 2.38 bits per heavy atom. The molecule has 0 saturated heterocycles. The Hall–Kier alpha value is -0.790. The van der Waals surface area contributed by atoms with Gasteiger partial charge in [-0.15, -0.1) is 0 Å². The first-order chi connectivity index (χ1) is 3.91. The quantitative estimate of drug-likeness (QED) is 0.424. The van der Waals surface area contributed by atoms with Crippen LogP contribution in [0.1, 0.15) is 6.92 Å². The standard InChI is InChI=1S/C6H12N2/c1-3-4-8-6-5-7-2/h3-5,8H,6H2,1-2H3/b4-3-,7-5-. The molecule has 0 saturated carbocycles. The van der Waals surface area contributed by atoms with E-state index >= 15 is 0 Å². The highest BCUT2D eigenvalue weighted by Gasteiger charge is 1.66. The predicted molar refractivity (Wildman–Crippen MR) is 37.2 cm³/mol. The molecule has 2 nitrogen and oxygen atoms in total. The second-order valence-corrected chi connectivity index (χ2v) is 1.35. The summed E-state index contributed by atoms with van der Waals surface area (Å²) in [6.45, 7) is 2.79. The Morgan fingerprint density at radius 1 is 1.62 bits per heavy atom. The number of hydrogen-bond acceptors (Lipinski definition) is 2. The lowest BCUT2D eigenvalue weighted by Gasteiger charge is -1.88. The Labute approximate surface area is 50.3 Å². The highest BCUT2D eigenvalue weighted by molar-refractivity contribution is 5.59. The third-order valence-corrected chi connectivity index (χ3v) is 0.676. The molecule has 0 amide bonds. The van der Waals surface area contributed by atoms with E-state index in [-0.39, 0.29) is 0 Å². The smallest absolute Gasteiger partial charge is 0.0493 e. The third kappa shape index (κ3) is 5.21. The van der Waals surface area contributed by atoms with Crippen LogP contribution in [0, 0.1) is 0 Å². The van der Waals surface area contributed by atoms with Gasteiger partial charge in [0.15, 0.2) is 0 Å². The van der Waals surface area contributed by atoms with Crippen molar-refractivity contribution in [3.63, 3.8) is 0 Å². The first-order valence-electron chi connectivity index (χ1n) is 2.67. The van der Waals surface area contributed by atoms with Crippen LogP contribution in [-0.2, 0) is 0 Å². The van der Waals surface area contributed by atoms with Gasteiger partial charge < -0.3 is 5.32 Å². The molecule has 2 heteroatoms. The van der Waals surface area contributed by atoms with Crippen molar-refractivity contribution in [2.75, 3.05) is 13.6 Å². The van der Waals surface area contributed by atoms with E-state index in [4.69, 9.17) is 0 Å². The minimum atomic E-state index is 0.820. The topological polar surface area (TPSA) is 24.4 Å². The molecule has 0 rings (SSSR count). The van der Waals surface area contributed by atoms with Crippen molar-refractivity contribution in [3.05, 3.63) is 12.3 Å². The van der Waals surface area contributed by atoms with Crippen LogP contribution in [0.2, 0.25) is 0 Å². The summed E-state index contributed by atoms with van der Waals surface area (Å²) in [4.78, 5) is 3.79. The van der Waals surface area contributed by atoms with Crippen LogP contribution in [-0.4, -0.2) is 19.8 Å². The predicted octanol–water partition coefficient (Wildman–Crippen LogP) is 0.810. The summed E-state index contributed by atoms with van der Waals surface area (Å²) in [6, 6.07) is 0. The molecule has 0 radical (unpaired) electrons. The maximum Gasteiger partial charge on any atom is 0.0493 e. The number of nitrogens with one attached hydrogen (secondary N) is 1. The largest absolute Gasteiger partial charge is 0.386 e. The monoisotopic (exact) mass is 112 g/mol. The zero-order chi connectivity index (χ0) is 6.24. The highest BCUT2D eigenvalue weighted by atomic mass is 14.8. The van der Waals surface area contributed by atoms with Gasteiger partial charge in [0.05, 0.1) is 0 Å². The van der Waals surface area contributed by atoms with E-state index in [0.29, 0.717) is 0 Å². The maximum atomic E-state index is 3.79. The van der Waals surface area contributed by atoms with Crippen LogP contribution in [0.5, 0.6) is 0 Å². The van der Waals surface area contributed by atoms with Crippen molar-refractivity contribution in [1.29, 1.82) is 0 Å². The molecule has 0 aromatic carbocycles. The van der Waals surface area contributed by atoms with Crippen LogP contribution >= 0.6 is 0 Å². The van der Waals surface area contributed by atoms with E-state index in [9.17, 15) is 0 Å². The zero-order valence-electron chi connectivity index (χ0n) is 5.39. The molecule has 0 aliphatic rings. The molecule has 0 spiro atoms. The van der Waals surface area contributed by atoms with Gasteiger partial charge in [-0.05, 0) is 13.1 Å². The van der Waals surface area contributed by atoms with Crippen LogP contribution in [0.3, 0.4) is 0 Å². The van der Waals surface area contributed by atoms with Gasteiger partial charge in [-0.2, -0.15) is 0 Å². The fraction of sp³-hybridized carbons (Fsp3) is 0.500. The SMILES string of the molecule is C/C=C\NC/C=N\C. The Kier molecular flexibility index (Phi) is 5.60. The summed E-state index contributed by atoms with van der Waals surface area (Å²) in [5, 5.41) is 3.01. The van der Waals surface area contributed by atoms with Gasteiger partial charge >= 0.3 is 0 Å². The van der Waals surface area contributed by atoms with Gasteiger partial charge in [0.1, 0.15) is 0 Å². The van der Waals surface area contributed by atoms with Gasteiger partial charge in [0.25, 0.3) is 0 Å². The molecule has 0 aromatic heterocycles. The summed E-state index contributed by atoms with van der Waals surface area (Å²) in [5.74, 6) is 0. The van der Waals surface area contributed by atoms with Gasteiger partial charge in [0, 0.05) is 19.8 Å². The first kappa shape index (κ1) is 7.21. The number of allylic oxidation sites excluding steroid dienone is 1. The van der Waals surface area contributed by atoms with Crippen molar-refractivity contribution in [2.24, 2.45) is 4.99 Å². The van der Waals surface area contributed by atoms with E-state index in [1.807, 2.05) is 25.4 Å². The molecule has 0 aliphatic heterocycles. The summed E-state index contributed by atoms with van der Waals surface area (Å²) in [5.41, 5.74) is 0. The molecular weight excluding hydrogens is 100 g/mol. The molecule has 0 atom stereocenters. The Balaban J connectivity index is 2.93. The van der Waals surface area contributed by atoms with Crippen molar-refractivity contribution >= 4 is 6.21 Å². The number of hydrogen-bond donors (Lipinski definition) is 1. The molecule has 46 valence electrons. The maximum absolute atomic E-state index is 3.79. The fourth-order valence-corrected chi connectivity index (χ4v) is 0.330. The molecule has 0 aliphatic carbocycles. The van der Waals surface area contributed by atoms with Crippen molar-refractivity contribution < 1.29 is 0 Å². The van der Waals surface area contributed by atoms with Gasteiger partial charge in [-0.25, -0.2) is 0 Å². The van der Waals surface area contributed by atoms with Gasteiger partial charge in [-0.1, -0.05) is 6.08 Å². The summed E-state index contributed by atoms with van der Waals surface area (Å²) < 4.78 is 0. The second-order valence-electron chi connectivity index (χ2n) is 1.35. The highest BCUT2D eigenvalue weighted by Crippen LogP contribution is 1.59. The number of rotatable bonds is 3. The zero-order valence-corrected chi connectivity index (χ0v) is 5.39. The van der Waals surface area contributed by atoms with Crippen LogP contribution < -0.4 is 5.32 Å². The van der Waals surface area contributed by atoms with E-state index in [1.165, 1.54) is 0 Å². The van der Waals surface area contributed by atoms with E-state index in [0.717, 1.165) is 6.54 Å². The average Bonchev–Trinajstić information content (AvgIpc) is 1.81. The first-order valence-corrected chi connectivity index (χ1v) is 2.67. The third-order valence-electron chi connectivity index (χ3n) is 0.676. The molecule has 8 heavy (non-hydrogen) atoms. The molecule has 0 fully saturated rings. The van der Waals surface area contributed by atoms with E-state index in [2.05, 4.69) is 10.3 Å². The second kappa shape index (κ2) is 6.21. The Morgan fingerprint density at radius 3 is 2.88 bits per heavy atom. The van der Waals surface area contributed by atoms with E-state index in [1.54, 1.807) is 7.05 Å². The van der Waals surface area contributed by atoms with E-state index < -0.39 is 0 Å². The summed E-state index contributed by atoms with van der Waals surface area (Å²) >= 11 is 0. The number of aliphatic imine (C=N–C) groups is 1. The van der Waals surface area contributed by atoms with Gasteiger partial charge in [0.2, 0.25) is 0 Å². The average molecular weight is 112 g/mol.